The Bertz CT molecular complexity index is 510. The summed E-state index contributed by atoms with van der Waals surface area (Å²) in [5, 5.41) is 0.875. The average Bonchev–Trinajstić information content (AvgIpc) is 2.83. The standard InChI is InChI=1S/C31H56BCl/c1-4-7-10-13-16-19-22-31(29-23-25-30(33)26-24-29)32(27-20-17-14-11-8-5-2)28-21-18-15-12-9-6-3/h23-26,31H,4-22,27-28H2,1-3H3. The van der Waals surface area contributed by atoms with Crippen molar-refractivity contribution in [1.82, 2.24) is 0 Å². The highest BCUT2D eigenvalue weighted by atomic mass is 35.5. The minimum atomic E-state index is 0.722. The highest BCUT2D eigenvalue weighted by molar-refractivity contribution is 6.60. The van der Waals surface area contributed by atoms with E-state index in [4.69, 9.17) is 11.6 Å². The number of hydrogen-bond acceptors (Lipinski definition) is 0. The summed E-state index contributed by atoms with van der Waals surface area (Å²) in [6, 6.07) is 8.91. The van der Waals surface area contributed by atoms with Gasteiger partial charge < -0.3 is 0 Å². The topological polar surface area (TPSA) is 0 Å². The summed E-state index contributed by atoms with van der Waals surface area (Å²) in [5.41, 5.74) is 1.55. The lowest BCUT2D eigenvalue weighted by Crippen LogP contribution is -2.24. The van der Waals surface area contributed by atoms with Crippen molar-refractivity contribution in [2.45, 2.75) is 161 Å². The van der Waals surface area contributed by atoms with Gasteiger partial charge in [-0.3, -0.25) is 0 Å². The van der Waals surface area contributed by atoms with Crippen molar-refractivity contribution in [2.75, 3.05) is 0 Å². The largest absolute Gasteiger partial charge is 0.148 e. The van der Waals surface area contributed by atoms with Crippen molar-refractivity contribution >= 4 is 18.3 Å². The van der Waals surface area contributed by atoms with Crippen LogP contribution in [0.3, 0.4) is 0 Å². The maximum absolute atomic E-state index is 6.26. The molecule has 0 saturated heterocycles. The van der Waals surface area contributed by atoms with E-state index in [2.05, 4.69) is 45.0 Å². The molecule has 0 fully saturated rings. The molecule has 0 bridgehead atoms. The molecule has 0 aliphatic carbocycles. The van der Waals surface area contributed by atoms with Crippen LogP contribution in [-0.4, -0.2) is 6.71 Å². The Morgan fingerprint density at radius 2 is 0.939 bits per heavy atom. The summed E-state index contributed by atoms with van der Waals surface area (Å²) >= 11 is 6.26. The lowest BCUT2D eigenvalue weighted by Gasteiger charge is -2.26. The van der Waals surface area contributed by atoms with Gasteiger partial charge in [0.25, 0.3) is 0 Å². The minimum absolute atomic E-state index is 0.722. The molecule has 0 radical (unpaired) electrons. The lowest BCUT2D eigenvalue weighted by molar-refractivity contribution is 0.576. The fraction of sp³-hybridized carbons (Fsp3) is 0.806. The zero-order chi connectivity index (χ0) is 24.0. The van der Waals surface area contributed by atoms with Crippen LogP contribution in [-0.2, 0) is 0 Å². The summed E-state index contributed by atoms with van der Waals surface area (Å²) in [4.78, 5) is 0. The van der Waals surface area contributed by atoms with Crippen molar-refractivity contribution in [3.8, 4) is 0 Å². The molecule has 1 atom stereocenters. The van der Waals surface area contributed by atoms with Gasteiger partial charge in [-0.25, -0.2) is 0 Å². The Morgan fingerprint density at radius 1 is 0.545 bits per heavy atom. The summed E-state index contributed by atoms with van der Waals surface area (Å²) in [6.45, 7) is 7.79. The average molecular weight is 475 g/mol. The molecule has 1 rings (SSSR count). The molecule has 2 heteroatoms. The van der Waals surface area contributed by atoms with Crippen LogP contribution in [0.2, 0.25) is 17.7 Å². The number of unbranched alkanes of at least 4 members (excludes halogenated alkanes) is 15. The van der Waals surface area contributed by atoms with E-state index in [0.717, 1.165) is 17.6 Å². The lowest BCUT2D eigenvalue weighted by atomic mass is 9.34. The van der Waals surface area contributed by atoms with Gasteiger partial charge in [-0.2, -0.15) is 0 Å². The molecule has 0 aromatic heterocycles. The summed E-state index contributed by atoms with van der Waals surface area (Å²) in [7, 11) is 0. The van der Waals surface area contributed by atoms with Crippen LogP contribution < -0.4 is 0 Å². The van der Waals surface area contributed by atoms with Gasteiger partial charge in [0.1, 0.15) is 6.71 Å². The van der Waals surface area contributed by atoms with Crippen LogP contribution in [0, 0.1) is 0 Å². The maximum atomic E-state index is 6.26. The number of benzene rings is 1. The van der Waals surface area contributed by atoms with E-state index in [1.165, 1.54) is 135 Å². The molecule has 1 unspecified atom stereocenters. The van der Waals surface area contributed by atoms with Crippen LogP contribution in [0.15, 0.2) is 24.3 Å². The van der Waals surface area contributed by atoms with Gasteiger partial charge in [0, 0.05) is 5.02 Å². The predicted molar refractivity (Wildman–Crippen MR) is 154 cm³/mol. The summed E-state index contributed by atoms with van der Waals surface area (Å²) < 4.78 is 0. The number of rotatable bonds is 23. The van der Waals surface area contributed by atoms with Gasteiger partial charge in [-0.05, 0) is 17.9 Å². The molecular weight excluding hydrogens is 419 g/mol. The molecule has 0 saturated carbocycles. The molecule has 190 valence electrons. The van der Waals surface area contributed by atoms with Crippen LogP contribution in [0.5, 0.6) is 0 Å². The number of hydrogen-bond donors (Lipinski definition) is 0. The van der Waals surface area contributed by atoms with Gasteiger partial charge in [0.05, 0.1) is 0 Å². The Balaban J connectivity index is 2.71. The zero-order valence-electron chi connectivity index (χ0n) is 22.7. The predicted octanol–water partition coefficient (Wildman–Crippen LogP) is 11.9. The molecule has 0 nitrogen and oxygen atoms in total. The Labute approximate surface area is 214 Å². The highest BCUT2D eigenvalue weighted by Gasteiger charge is 2.25. The van der Waals surface area contributed by atoms with Crippen molar-refractivity contribution in [3.05, 3.63) is 34.9 Å². The second kappa shape index (κ2) is 22.1. The second-order valence-corrected chi connectivity index (χ2v) is 11.0. The van der Waals surface area contributed by atoms with E-state index in [0.29, 0.717) is 0 Å². The van der Waals surface area contributed by atoms with E-state index in [9.17, 15) is 0 Å². The molecule has 1 aromatic carbocycles. The van der Waals surface area contributed by atoms with Crippen LogP contribution in [0.25, 0.3) is 0 Å². The fourth-order valence-electron chi connectivity index (χ4n) is 5.45. The molecule has 0 aliphatic heterocycles. The first-order valence-electron chi connectivity index (χ1n) is 15.0. The third kappa shape index (κ3) is 16.0. The third-order valence-corrected chi connectivity index (χ3v) is 7.84. The molecule has 0 amide bonds. The Kier molecular flexibility index (Phi) is 20.5. The maximum Gasteiger partial charge on any atom is 0.148 e. The Morgan fingerprint density at radius 3 is 1.39 bits per heavy atom. The smallest absolute Gasteiger partial charge is 0.0843 e. The molecule has 0 heterocycles. The fourth-order valence-corrected chi connectivity index (χ4v) is 5.58. The first-order chi connectivity index (χ1) is 16.2. The first-order valence-corrected chi connectivity index (χ1v) is 15.4. The summed E-state index contributed by atoms with van der Waals surface area (Å²) in [5.74, 6) is 0.722. The normalized spacial score (nSPS) is 12.2. The van der Waals surface area contributed by atoms with Crippen LogP contribution in [0.4, 0.5) is 0 Å². The van der Waals surface area contributed by atoms with E-state index in [1.807, 2.05) is 0 Å². The van der Waals surface area contributed by atoms with Gasteiger partial charge in [-0.1, -0.05) is 185 Å². The zero-order valence-corrected chi connectivity index (χ0v) is 23.4. The summed E-state index contributed by atoms with van der Waals surface area (Å²) in [6.07, 6.45) is 29.5. The van der Waals surface area contributed by atoms with Gasteiger partial charge in [0.15, 0.2) is 0 Å². The first kappa shape index (κ1) is 30.6. The van der Waals surface area contributed by atoms with Crippen molar-refractivity contribution < 1.29 is 0 Å². The molecule has 0 spiro atoms. The van der Waals surface area contributed by atoms with Crippen molar-refractivity contribution in [2.24, 2.45) is 0 Å². The quantitative estimate of drug-likeness (QED) is 0.109. The second-order valence-electron chi connectivity index (χ2n) is 10.6. The van der Waals surface area contributed by atoms with E-state index in [-0.39, 0.29) is 0 Å². The monoisotopic (exact) mass is 474 g/mol. The van der Waals surface area contributed by atoms with Crippen LogP contribution in [0.1, 0.15) is 154 Å². The van der Waals surface area contributed by atoms with Gasteiger partial charge in [-0.15, -0.1) is 0 Å². The van der Waals surface area contributed by atoms with E-state index >= 15 is 0 Å². The van der Waals surface area contributed by atoms with E-state index < -0.39 is 0 Å². The van der Waals surface area contributed by atoms with Crippen molar-refractivity contribution in [1.29, 1.82) is 0 Å². The SMILES string of the molecule is CCCCCCCCB(CCCCCCCC)C(CCCCCCCC)c1ccc(Cl)cc1. The van der Waals surface area contributed by atoms with Crippen LogP contribution >= 0.6 is 11.6 Å². The van der Waals surface area contributed by atoms with Gasteiger partial charge >= 0.3 is 0 Å². The Hall–Kier alpha value is -0.425. The van der Waals surface area contributed by atoms with E-state index in [1.54, 1.807) is 5.56 Å². The molecular formula is C31H56BCl. The number of halogens is 1. The minimum Gasteiger partial charge on any atom is -0.0843 e. The molecule has 33 heavy (non-hydrogen) atoms. The van der Waals surface area contributed by atoms with Crippen molar-refractivity contribution in [3.63, 3.8) is 0 Å². The molecule has 0 N–H and O–H groups in total. The molecule has 1 aromatic rings. The highest BCUT2D eigenvalue weighted by Crippen LogP contribution is 2.32. The molecule has 0 aliphatic rings. The third-order valence-electron chi connectivity index (χ3n) is 7.59. The van der Waals surface area contributed by atoms with Gasteiger partial charge in [0.2, 0.25) is 0 Å².